The molecule has 1 aromatic rings. The number of nitrogens with zero attached hydrogens (tertiary/aromatic N) is 3. The smallest absolute Gasteiger partial charge is 0.222 e. The molecule has 0 unspecified atom stereocenters. The summed E-state index contributed by atoms with van der Waals surface area (Å²) in [7, 11) is 5.76. The summed E-state index contributed by atoms with van der Waals surface area (Å²) in [6.45, 7) is 4.48. The summed E-state index contributed by atoms with van der Waals surface area (Å²) >= 11 is 0. The van der Waals surface area contributed by atoms with Crippen LogP contribution in [0, 0.1) is 6.92 Å². The third-order valence-electron chi connectivity index (χ3n) is 2.77. The molecule has 17 heavy (non-hydrogen) atoms. The van der Waals surface area contributed by atoms with Crippen molar-refractivity contribution in [3.8, 4) is 0 Å². The molecule has 0 atom stereocenters. The zero-order valence-corrected chi connectivity index (χ0v) is 11.3. The number of hydrogen-bond donors (Lipinski definition) is 0. The van der Waals surface area contributed by atoms with Gasteiger partial charge in [0.25, 0.3) is 0 Å². The van der Waals surface area contributed by atoms with Gasteiger partial charge >= 0.3 is 0 Å². The first-order chi connectivity index (χ1) is 7.95. The van der Waals surface area contributed by atoms with E-state index in [2.05, 4.69) is 4.98 Å². The second kappa shape index (κ2) is 5.66. The first-order valence-corrected chi connectivity index (χ1v) is 5.83. The lowest BCUT2D eigenvalue weighted by molar-refractivity contribution is -0.130. The summed E-state index contributed by atoms with van der Waals surface area (Å²) in [5.74, 6) is 1.09. The Morgan fingerprint density at radius 1 is 1.29 bits per heavy atom. The molecule has 1 aromatic heterocycles. The van der Waals surface area contributed by atoms with E-state index in [9.17, 15) is 4.79 Å². The van der Waals surface area contributed by atoms with E-state index in [0.717, 1.165) is 17.1 Å². The fraction of sp³-hybridized carbons (Fsp3) is 0.538. The van der Waals surface area contributed by atoms with E-state index >= 15 is 0 Å². The van der Waals surface area contributed by atoms with Crippen molar-refractivity contribution in [2.75, 3.05) is 26.0 Å². The van der Waals surface area contributed by atoms with Crippen LogP contribution in [0.15, 0.2) is 12.1 Å². The van der Waals surface area contributed by atoms with Gasteiger partial charge in [-0.15, -0.1) is 0 Å². The lowest BCUT2D eigenvalue weighted by atomic mass is 10.2. The summed E-state index contributed by atoms with van der Waals surface area (Å²) in [5.41, 5.74) is 2.08. The van der Waals surface area contributed by atoms with Crippen LogP contribution in [-0.2, 0) is 11.3 Å². The van der Waals surface area contributed by atoms with E-state index in [1.54, 1.807) is 4.90 Å². The molecule has 0 fully saturated rings. The number of hydrogen-bond acceptors (Lipinski definition) is 3. The number of pyridine rings is 1. The zero-order valence-electron chi connectivity index (χ0n) is 11.3. The topological polar surface area (TPSA) is 36.4 Å². The number of anilines is 1. The van der Waals surface area contributed by atoms with Gasteiger partial charge in [-0.3, -0.25) is 4.79 Å². The Labute approximate surface area is 103 Å². The molecule has 0 spiro atoms. The van der Waals surface area contributed by atoms with E-state index < -0.39 is 0 Å². The number of carbonyl (C=O) groups is 1. The van der Waals surface area contributed by atoms with Crippen LogP contribution in [0.4, 0.5) is 5.82 Å². The number of rotatable bonds is 4. The third kappa shape index (κ3) is 3.44. The van der Waals surface area contributed by atoms with Gasteiger partial charge in [-0.05, 0) is 18.6 Å². The fourth-order valence-electron chi connectivity index (χ4n) is 1.61. The molecule has 1 amide bonds. The maximum absolute atomic E-state index is 11.5. The van der Waals surface area contributed by atoms with Crippen molar-refractivity contribution in [1.82, 2.24) is 9.88 Å². The predicted octanol–water partition coefficient (Wildman–Crippen LogP) is 1.82. The van der Waals surface area contributed by atoms with Crippen LogP contribution in [0.5, 0.6) is 0 Å². The highest BCUT2D eigenvalue weighted by atomic mass is 16.2. The first kappa shape index (κ1) is 13.5. The largest absolute Gasteiger partial charge is 0.363 e. The molecule has 0 aliphatic rings. The summed E-state index contributed by atoms with van der Waals surface area (Å²) in [5, 5.41) is 0. The van der Waals surface area contributed by atoms with E-state index in [0.29, 0.717) is 13.0 Å². The molecule has 0 aromatic carbocycles. The summed E-state index contributed by atoms with van der Waals surface area (Å²) < 4.78 is 0. The molecule has 0 radical (unpaired) electrons. The Hall–Kier alpha value is -1.58. The molecule has 0 bridgehead atoms. The highest BCUT2D eigenvalue weighted by molar-refractivity contribution is 5.75. The first-order valence-electron chi connectivity index (χ1n) is 5.83. The monoisotopic (exact) mass is 235 g/mol. The van der Waals surface area contributed by atoms with Gasteiger partial charge in [0.1, 0.15) is 5.82 Å². The molecule has 0 aliphatic heterocycles. The average Bonchev–Trinajstić information content (AvgIpc) is 2.30. The highest BCUT2D eigenvalue weighted by Crippen LogP contribution is 2.14. The molecule has 0 saturated heterocycles. The number of carbonyl (C=O) groups excluding carboxylic acids is 1. The summed E-state index contributed by atoms with van der Waals surface area (Å²) in [6, 6.07) is 4.02. The van der Waals surface area contributed by atoms with Crippen LogP contribution in [0.25, 0.3) is 0 Å². The molecule has 4 nitrogen and oxygen atoms in total. The van der Waals surface area contributed by atoms with Crippen molar-refractivity contribution in [3.63, 3.8) is 0 Å². The van der Waals surface area contributed by atoms with Crippen LogP contribution in [-0.4, -0.2) is 36.9 Å². The van der Waals surface area contributed by atoms with Crippen LogP contribution in [0.2, 0.25) is 0 Å². The van der Waals surface area contributed by atoms with Crippen molar-refractivity contribution < 1.29 is 4.79 Å². The van der Waals surface area contributed by atoms with Gasteiger partial charge < -0.3 is 9.80 Å². The van der Waals surface area contributed by atoms with Crippen LogP contribution < -0.4 is 4.90 Å². The minimum atomic E-state index is 0.154. The zero-order chi connectivity index (χ0) is 13.0. The van der Waals surface area contributed by atoms with Crippen LogP contribution in [0.1, 0.15) is 24.6 Å². The van der Waals surface area contributed by atoms with Crippen molar-refractivity contribution in [1.29, 1.82) is 0 Å². The Kier molecular flexibility index (Phi) is 4.49. The molecule has 94 valence electrons. The summed E-state index contributed by atoms with van der Waals surface area (Å²) in [6.07, 6.45) is 0.540. The molecule has 1 heterocycles. The Morgan fingerprint density at radius 2 is 1.94 bits per heavy atom. The molecule has 1 rings (SSSR count). The molecule has 0 saturated carbocycles. The molecular formula is C13H21N3O. The Balaban J connectivity index is 2.83. The average molecular weight is 235 g/mol. The van der Waals surface area contributed by atoms with Gasteiger partial charge in [0, 0.05) is 39.8 Å². The minimum absolute atomic E-state index is 0.154. The normalized spacial score (nSPS) is 10.2. The maximum Gasteiger partial charge on any atom is 0.222 e. The maximum atomic E-state index is 11.5. The summed E-state index contributed by atoms with van der Waals surface area (Å²) in [4.78, 5) is 19.7. The Morgan fingerprint density at radius 3 is 2.41 bits per heavy atom. The molecular weight excluding hydrogens is 214 g/mol. The predicted molar refractivity (Wildman–Crippen MR) is 70.1 cm³/mol. The van der Waals surface area contributed by atoms with Gasteiger partial charge in [0.05, 0.1) is 0 Å². The number of aryl methyl sites for hydroxylation is 1. The second-order valence-corrected chi connectivity index (χ2v) is 4.41. The van der Waals surface area contributed by atoms with Crippen molar-refractivity contribution in [2.45, 2.75) is 26.8 Å². The van der Waals surface area contributed by atoms with E-state index in [1.807, 2.05) is 52.0 Å². The van der Waals surface area contributed by atoms with Crippen molar-refractivity contribution >= 4 is 11.7 Å². The van der Waals surface area contributed by atoms with Crippen LogP contribution >= 0.6 is 0 Å². The number of aromatic nitrogens is 1. The molecule has 0 N–H and O–H groups in total. The van der Waals surface area contributed by atoms with Gasteiger partial charge in [0.15, 0.2) is 0 Å². The quantitative estimate of drug-likeness (QED) is 0.798. The van der Waals surface area contributed by atoms with Gasteiger partial charge in [0.2, 0.25) is 5.91 Å². The van der Waals surface area contributed by atoms with E-state index in [-0.39, 0.29) is 5.91 Å². The third-order valence-corrected chi connectivity index (χ3v) is 2.77. The minimum Gasteiger partial charge on any atom is -0.363 e. The van der Waals surface area contributed by atoms with Crippen molar-refractivity contribution in [3.05, 3.63) is 23.4 Å². The van der Waals surface area contributed by atoms with E-state index in [4.69, 9.17) is 0 Å². The molecule has 0 aliphatic carbocycles. The van der Waals surface area contributed by atoms with Crippen molar-refractivity contribution in [2.24, 2.45) is 0 Å². The lowest BCUT2D eigenvalue weighted by Crippen LogP contribution is -2.25. The van der Waals surface area contributed by atoms with E-state index in [1.165, 1.54) is 0 Å². The van der Waals surface area contributed by atoms with Gasteiger partial charge in [-0.2, -0.15) is 0 Å². The SMILES string of the molecule is CCC(=O)N(C)Cc1ccc(N(C)C)nc1C. The standard InChI is InChI=1S/C13H21N3O/c1-6-13(17)16(5)9-11-7-8-12(15(3)4)14-10(11)2/h7-8H,6,9H2,1-5H3. The number of amides is 1. The second-order valence-electron chi connectivity index (χ2n) is 4.41. The Bertz CT molecular complexity index is 402. The van der Waals surface area contributed by atoms with Gasteiger partial charge in [-0.25, -0.2) is 4.98 Å². The molecule has 4 heteroatoms. The van der Waals surface area contributed by atoms with Crippen LogP contribution in [0.3, 0.4) is 0 Å². The lowest BCUT2D eigenvalue weighted by Gasteiger charge is -2.19. The highest BCUT2D eigenvalue weighted by Gasteiger charge is 2.09. The fourth-order valence-corrected chi connectivity index (χ4v) is 1.61. The van der Waals surface area contributed by atoms with Gasteiger partial charge in [-0.1, -0.05) is 13.0 Å².